The van der Waals surface area contributed by atoms with Crippen LogP contribution in [0.3, 0.4) is 0 Å². The summed E-state index contributed by atoms with van der Waals surface area (Å²) in [5.74, 6) is -0.575. The first-order valence-electron chi connectivity index (χ1n) is 4.22. The van der Waals surface area contributed by atoms with Crippen LogP contribution in [-0.4, -0.2) is 46.4 Å². The van der Waals surface area contributed by atoms with Crippen molar-refractivity contribution in [2.45, 2.75) is 19.4 Å². The summed E-state index contributed by atoms with van der Waals surface area (Å²) in [5, 5.41) is 17.0. The highest BCUT2D eigenvalue weighted by molar-refractivity contribution is 7.99. The van der Waals surface area contributed by atoms with Gasteiger partial charge in [0.15, 0.2) is 6.10 Å². The Morgan fingerprint density at radius 3 is 2.57 bits per heavy atom. The lowest BCUT2D eigenvalue weighted by Crippen LogP contribution is -2.28. The average Bonchev–Trinajstić information content (AvgIpc) is 2.16. The Balaban J connectivity index is 3.90. The van der Waals surface area contributed by atoms with Gasteiger partial charge in [0.05, 0.1) is 0 Å². The summed E-state index contributed by atoms with van der Waals surface area (Å²) in [6.45, 7) is 1.17. The van der Waals surface area contributed by atoms with Gasteiger partial charge in [-0.3, -0.25) is 0 Å². The molecule has 0 fully saturated rings. The average molecular weight is 222 g/mol. The van der Waals surface area contributed by atoms with Crippen molar-refractivity contribution >= 4 is 23.7 Å². The molecule has 0 aliphatic carbocycles. The SMILES string of the molecule is CCSCCC(OC(=O)CO)C(=O)O. The van der Waals surface area contributed by atoms with E-state index in [0.29, 0.717) is 5.75 Å². The van der Waals surface area contributed by atoms with Gasteiger partial charge in [-0.25, -0.2) is 9.59 Å². The molecule has 0 saturated carbocycles. The molecule has 2 N–H and O–H groups in total. The summed E-state index contributed by atoms with van der Waals surface area (Å²) >= 11 is 1.57. The first kappa shape index (κ1) is 13.2. The van der Waals surface area contributed by atoms with Gasteiger partial charge in [0.2, 0.25) is 0 Å². The Kier molecular flexibility index (Phi) is 7.23. The Labute approximate surface area is 86.4 Å². The van der Waals surface area contributed by atoms with Gasteiger partial charge < -0.3 is 14.9 Å². The number of aliphatic hydroxyl groups excluding tert-OH is 1. The minimum atomic E-state index is -1.18. The Morgan fingerprint density at radius 1 is 1.50 bits per heavy atom. The fourth-order valence-electron chi connectivity index (χ4n) is 0.763. The van der Waals surface area contributed by atoms with Crippen LogP contribution in [0.5, 0.6) is 0 Å². The van der Waals surface area contributed by atoms with Gasteiger partial charge >= 0.3 is 11.9 Å². The molecule has 6 heteroatoms. The molecule has 0 radical (unpaired) electrons. The fraction of sp³-hybridized carbons (Fsp3) is 0.750. The number of carbonyl (C=O) groups is 2. The zero-order valence-electron chi connectivity index (χ0n) is 7.93. The van der Waals surface area contributed by atoms with Crippen molar-refractivity contribution in [3.8, 4) is 0 Å². The maximum Gasteiger partial charge on any atom is 0.345 e. The summed E-state index contributed by atoms with van der Waals surface area (Å²) in [7, 11) is 0. The van der Waals surface area contributed by atoms with Gasteiger partial charge in [0.25, 0.3) is 0 Å². The van der Waals surface area contributed by atoms with E-state index in [1.807, 2.05) is 6.92 Å². The van der Waals surface area contributed by atoms with E-state index in [0.717, 1.165) is 5.75 Å². The largest absolute Gasteiger partial charge is 0.479 e. The third-order valence-corrected chi connectivity index (χ3v) is 2.34. The number of thioether (sulfide) groups is 1. The minimum Gasteiger partial charge on any atom is -0.479 e. The van der Waals surface area contributed by atoms with E-state index in [4.69, 9.17) is 10.2 Å². The van der Waals surface area contributed by atoms with Crippen molar-refractivity contribution in [1.82, 2.24) is 0 Å². The normalized spacial score (nSPS) is 12.1. The van der Waals surface area contributed by atoms with Gasteiger partial charge in [-0.2, -0.15) is 11.8 Å². The van der Waals surface area contributed by atoms with Gasteiger partial charge in [-0.1, -0.05) is 6.92 Å². The fourth-order valence-corrected chi connectivity index (χ4v) is 1.43. The van der Waals surface area contributed by atoms with E-state index in [-0.39, 0.29) is 6.42 Å². The van der Waals surface area contributed by atoms with E-state index < -0.39 is 24.6 Å². The Bertz CT molecular complexity index is 194. The molecule has 0 rings (SSSR count). The number of hydrogen-bond acceptors (Lipinski definition) is 5. The third kappa shape index (κ3) is 5.82. The van der Waals surface area contributed by atoms with Crippen LogP contribution in [0.1, 0.15) is 13.3 Å². The quantitative estimate of drug-likeness (QED) is 0.470. The molecule has 0 spiro atoms. The molecule has 0 aromatic carbocycles. The maximum atomic E-state index is 10.6. The summed E-state index contributed by atoms with van der Waals surface area (Å²) in [4.78, 5) is 21.2. The van der Waals surface area contributed by atoms with E-state index in [1.165, 1.54) is 0 Å². The first-order chi connectivity index (χ1) is 6.61. The molecular formula is C8H14O5S. The lowest BCUT2D eigenvalue weighted by Gasteiger charge is -2.12. The summed E-state index contributed by atoms with van der Waals surface area (Å²) in [6, 6.07) is 0. The number of esters is 1. The zero-order chi connectivity index (χ0) is 11.0. The monoisotopic (exact) mass is 222 g/mol. The van der Waals surface area contributed by atoms with Crippen LogP contribution in [0.25, 0.3) is 0 Å². The number of carbonyl (C=O) groups excluding carboxylic acids is 1. The summed E-state index contributed by atoms with van der Waals surface area (Å²) in [6.07, 6.45) is -0.881. The van der Waals surface area contributed by atoms with Gasteiger partial charge in [0, 0.05) is 6.42 Å². The summed E-state index contributed by atoms with van der Waals surface area (Å²) in [5.41, 5.74) is 0. The number of rotatable bonds is 7. The van der Waals surface area contributed by atoms with Crippen molar-refractivity contribution in [3.05, 3.63) is 0 Å². The molecule has 1 atom stereocenters. The molecular weight excluding hydrogens is 208 g/mol. The number of carboxylic acids is 1. The number of carboxylic acid groups (broad SMARTS) is 1. The van der Waals surface area contributed by atoms with Crippen molar-refractivity contribution < 1.29 is 24.5 Å². The number of hydrogen-bond donors (Lipinski definition) is 2. The zero-order valence-corrected chi connectivity index (χ0v) is 8.75. The molecule has 0 heterocycles. The molecule has 0 saturated heterocycles. The predicted molar refractivity (Wildman–Crippen MR) is 52.2 cm³/mol. The number of aliphatic carboxylic acids is 1. The first-order valence-corrected chi connectivity index (χ1v) is 5.38. The van der Waals surface area contributed by atoms with Crippen LogP contribution in [-0.2, 0) is 14.3 Å². The second-order valence-corrected chi connectivity index (χ2v) is 3.85. The van der Waals surface area contributed by atoms with Crippen LogP contribution in [0.2, 0.25) is 0 Å². The van der Waals surface area contributed by atoms with Crippen LogP contribution in [0.4, 0.5) is 0 Å². The van der Waals surface area contributed by atoms with Crippen molar-refractivity contribution in [3.63, 3.8) is 0 Å². The minimum absolute atomic E-state index is 0.263. The van der Waals surface area contributed by atoms with Gasteiger partial charge in [0.1, 0.15) is 6.61 Å². The molecule has 5 nitrogen and oxygen atoms in total. The van der Waals surface area contributed by atoms with E-state index in [1.54, 1.807) is 11.8 Å². The second-order valence-electron chi connectivity index (χ2n) is 2.46. The molecule has 0 aliphatic heterocycles. The number of aliphatic hydroxyl groups is 1. The molecule has 0 aliphatic rings. The highest BCUT2D eigenvalue weighted by Gasteiger charge is 2.21. The van der Waals surface area contributed by atoms with Gasteiger partial charge in [-0.15, -0.1) is 0 Å². The topological polar surface area (TPSA) is 83.8 Å². The van der Waals surface area contributed by atoms with Crippen molar-refractivity contribution in [2.24, 2.45) is 0 Å². The predicted octanol–water partition coefficient (Wildman–Crippen LogP) is 0.118. The standard InChI is InChI=1S/C8H14O5S/c1-2-14-4-3-6(8(11)12)13-7(10)5-9/h6,9H,2-5H2,1H3,(H,11,12). The third-order valence-electron chi connectivity index (χ3n) is 1.41. The maximum absolute atomic E-state index is 10.6. The van der Waals surface area contributed by atoms with E-state index in [9.17, 15) is 9.59 Å². The molecule has 0 amide bonds. The Hall–Kier alpha value is -0.750. The molecule has 0 aromatic heterocycles. The highest BCUT2D eigenvalue weighted by atomic mass is 32.2. The van der Waals surface area contributed by atoms with Gasteiger partial charge in [-0.05, 0) is 11.5 Å². The molecule has 82 valence electrons. The van der Waals surface area contributed by atoms with E-state index >= 15 is 0 Å². The molecule has 0 bridgehead atoms. The smallest absolute Gasteiger partial charge is 0.345 e. The van der Waals surface area contributed by atoms with Crippen LogP contribution >= 0.6 is 11.8 Å². The van der Waals surface area contributed by atoms with Crippen molar-refractivity contribution in [1.29, 1.82) is 0 Å². The van der Waals surface area contributed by atoms with Crippen LogP contribution in [0.15, 0.2) is 0 Å². The van der Waals surface area contributed by atoms with E-state index in [2.05, 4.69) is 4.74 Å². The molecule has 0 aromatic rings. The van der Waals surface area contributed by atoms with Crippen LogP contribution in [0, 0.1) is 0 Å². The Morgan fingerprint density at radius 2 is 2.14 bits per heavy atom. The molecule has 14 heavy (non-hydrogen) atoms. The number of ether oxygens (including phenoxy) is 1. The van der Waals surface area contributed by atoms with Crippen molar-refractivity contribution in [2.75, 3.05) is 18.1 Å². The lowest BCUT2D eigenvalue weighted by molar-refractivity contribution is -0.165. The second kappa shape index (κ2) is 7.64. The van der Waals surface area contributed by atoms with Crippen LogP contribution < -0.4 is 0 Å². The summed E-state index contributed by atoms with van der Waals surface area (Å²) < 4.78 is 4.51. The highest BCUT2D eigenvalue weighted by Crippen LogP contribution is 2.07. The molecule has 1 unspecified atom stereocenters. The lowest BCUT2D eigenvalue weighted by atomic mass is 10.3.